The summed E-state index contributed by atoms with van der Waals surface area (Å²) in [6, 6.07) is 13.0. The molecule has 2 aromatic heterocycles. The number of hydrogen-bond donors (Lipinski definition) is 3. The number of pyridine rings is 1. The zero-order valence-corrected chi connectivity index (χ0v) is 28.7. The summed E-state index contributed by atoms with van der Waals surface area (Å²) in [5.74, 6) is 0.0979. The van der Waals surface area contributed by atoms with Gasteiger partial charge in [0.05, 0.1) is 17.9 Å². The maximum Gasteiger partial charge on any atom is 0.407 e. The second-order valence-electron chi connectivity index (χ2n) is 14.0. The van der Waals surface area contributed by atoms with Crippen molar-refractivity contribution in [1.82, 2.24) is 25.6 Å². The Kier molecular flexibility index (Phi) is 12.6. The lowest BCUT2D eigenvalue weighted by Gasteiger charge is -2.27. The van der Waals surface area contributed by atoms with Crippen LogP contribution >= 0.6 is 0 Å². The van der Waals surface area contributed by atoms with E-state index in [0.29, 0.717) is 25.5 Å². The Balaban J connectivity index is 1.61. The van der Waals surface area contributed by atoms with E-state index in [1.807, 2.05) is 105 Å². The molecule has 3 N–H and O–H groups in total. The number of benzene rings is 1. The Hall–Kier alpha value is -4.09. The largest absolute Gasteiger partial charge is 0.459 e. The van der Waals surface area contributed by atoms with Crippen molar-refractivity contribution in [3.63, 3.8) is 0 Å². The molecule has 0 saturated heterocycles. The summed E-state index contributed by atoms with van der Waals surface area (Å²) in [7, 11) is 0. The average molecular weight is 635 g/mol. The second kappa shape index (κ2) is 16.0. The lowest BCUT2D eigenvalue weighted by atomic mass is 10.1. The number of ether oxygens (including phenoxy) is 3. The molecule has 11 heteroatoms. The molecule has 0 aliphatic rings. The third-order valence-electron chi connectivity index (χ3n) is 6.16. The number of anilines is 2. The lowest BCUT2D eigenvalue weighted by Crippen LogP contribution is -2.45. The summed E-state index contributed by atoms with van der Waals surface area (Å²) in [5.41, 5.74) is 2.82. The molecule has 3 rings (SSSR count). The molecule has 0 radical (unpaired) electrons. The number of carbonyl (C=O) groups excluding carboxylic acids is 2. The Morgan fingerprint density at radius 2 is 1.57 bits per heavy atom. The van der Waals surface area contributed by atoms with Gasteiger partial charge in [0.2, 0.25) is 5.95 Å². The number of hydrogen-bond acceptors (Lipinski definition) is 10. The molecule has 0 spiro atoms. The van der Waals surface area contributed by atoms with E-state index in [9.17, 15) is 9.59 Å². The van der Waals surface area contributed by atoms with Gasteiger partial charge in [0.15, 0.2) is 0 Å². The minimum atomic E-state index is -0.624. The quantitative estimate of drug-likeness (QED) is 0.144. The topological polar surface area (TPSA) is 137 Å². The van der Waals surface area contributed by atoms with Crippen LogP contribution in [0, 0.1) is 0 Å². The maximum absolute atomic E-state index is 12.9. The average Bonchev–Trinajstić information content (AvgIpc) is 2.93. The van der Waals surface area contributed by atoms with Gasteiger partial charge in [-0.1, -0.05) is 12.1 Å². The van der Waals surface area contributed by atoms with E-state index < -0.39 is 28.9 Å². The lowest BCUT2D eigenvalue weighted by molar-refractivity contribution is -0.160. The number of rotatable bonds is 13. The predicted octanol–water partition coefficient (Wildman–Crippen LogP) is 6.35. The number of nitrogens with one attached hydrogen (secondary N) is 3. The normalized spacial score (nSPS) is 12.7. The molecule has 1 aromatic carbocycles. The van der Waals surface area contributed by atoms with Gasteiger partial charge in [0.1, 0.15) is 17.2 Å². The highest BCUT2D eigenvalue weighted by Gasteiger charge is 2.27. The van der Waals surface area contributed by atoms with Crippen LogP contribution in [0.3, 0.4) is 0 Å². The fourth-order valence-electron chi connectivity index (χ4n) is 4.17. The number of nitrogens with zero attached hydrogens (tertiary/aromatic N) is 3. The molecule has 3 aromatic rings. The summed E-state index contributed by atoms with van der Waals surface area (Å²) in [6.07, 6.45) is 4.46. The van der Waals surface area contributed by atoms with E-state index in [4.69, 9.17) is 19.2 Å². The van der Waals surface area contributed by atoms with Crippen molar-refractivity contribution in [1.29, 1.82) is 0 Å². The van der Waals surface area contributed by atoms with Gasteiger partial charge in [-0.25, -0.2) is 14.8 Å². The summed E-state index contributed by atoms with van der Waals surface area (Å²) in [6.45, 7) is 18.0. The molecule has 1 unspecified atom stereocenters. The Morgan fingerprint density at radius 1 is 0.848 bits per heavy atom. The van der Waals surface area contributed by atoms with Crippen molar-refractivity contribution >= 4 is 23.7 Å². The highest BCUT2D eigenvalue weighted by Crippen LogP contribution is 2.21. The third-order valence-corrected chi connectivity index (χ3v) is 6.16. The fraction of sp³-hybridized carbons (Fsp3) is 0.514. The third kappa shape index (κ3) is 13.9. The minimum Gasteiger partial charge on any atom is -0.459 e. The van der Waals surface area contributed by atoms with E-state index in [1.165, 1.54) is 0 Å². The van der Waals surface area contributed by atoms with Crippen LogP contribution < -0.4 is 16.0 Å². The van der Waals surface area contributed by atoms with Crippen molar-refractivity contribution in [2.75, 3.05) is 18.5 Å². The molecule has 0 aliphatic heterocycles. The maximum atomic E-state index is 12.9. The SMILES string of the molecule is CC(C)(C)OCC(NCc1cccc(Nc2nccc(-c3ccnc(CCCNC(=O)OC(C)(C)C)c3)n2)c1)C(=O)OC(C)(C)C. The number of alkyl carbamates (subject to hydrolysis) is 1. The first-order valence-electron chi connectivity index (χ1n) is 15.7. The molecule has 250 valence electrons. The Labute approximate surface area is 273 Å². The first-order chi connectivity index (χ1) is 21.5. The van der Waals surface area contributed by atoms with E-state index in [1.54, 1.807) is 12.4 Å². The highest BCUT2D eigenvalue weighted by atomic mass is 16.6. The number of amides is 1. The van der Waals surface area contributed by atoms with Crippen LogP contribution in [0.25, 0.3) is 11.3 Å². The smallest absolute Gasteiger partial charge is 0.407 e. The summed E-state index contributed by atoms with van der Waals surface area (Å²) in [4.78, 5) is 38.4. The van der Waals surface area contributed by atoms with E-state index in [2.05, 4.69) is 25.9 Å². The minimum absolute atomic E-state index is 0.191. The van der Waals surface area contributed by atoms with Crippen molar-refractivity contribution in [2.45, 2.75) is 105 Å². The molecule has 0 aliphatic carbocycles. The molecule has 46 heavy (non-hydrogen) atoms. The summed E-state index contributed by atoms with van der Waals surface area (Å²) >= 11 is 0. The molecule has 11 nitrogen and oxygen atoms in total. The number of esters is 1. The van der Waals surface area contributed by atoms with E-state index >= 15 is 0 Å². The van der Waals surface area contributed by atoms with Gasteiger partial charge in [-0.05, 0) is 111 Å². The van der Waals surface area contributed by atoms with Gasteiger partial charge in [0.25, 0.3) is 0 Å². The summed E-state index contributed by atoms with van der Waals surface area (Å²) in [5, 5.41) is 9.37. The molecule has 2 heterocycles. The van der Waals surface area contributed by atoms with Crippen molar-refractivity contribution in [3.05, 3.63) is 66.1 Å². The van der Waals surface area contributed by atoms with Gasteiger partial charge in [-0.15, -0.1) is 0 Å². The predicted molar refractivity (Wildman–Crippen MR) is 180 cm³/mol. The number of aromatic nitrogens is 3. The second-order valence-corrected chi connectivity index (χ2v) is 14.0. The van der Waals surface area contributed by atoms with Crippen LogP contribution in [-0.2, 0) is 32.0 Å². The first kappa shape index (κ1) is 36.4. The fourth-order valence-corrected chi connectivity index (χ4v) is 4.17. The first-order valence-corrected chi connectivity index (χ1v) is 15.7. The van der Waals surface area contributed by atoms with Gasteiger partial charge < -0.3 is 24.8 Å². The Bertz CT molecular complexity index is 1440. The van der Waals surface area contributed by atoms with Gasteiger partial charge in [0, 0.05) is 42.4 Å². The van der Waals surface area contributed by atoms with Crippen LogP contribution in [0.15, 0.2) is 54.9 Å². The molecule has 1 amide bonds. The zero-order valence-electron chi connectivity index (χ0n) is 28.7. The van der Waals surface area contributed by atoms with Gasteiger partial charge >= 0.3 is 12.1 Å². The summed E-state index contributed by atoms with van der Waals surface area (Å²) < 4.78 is 16.8. The molecule has 0 bridgehead atoms. The van der Waals surface area contributed by atoms with Crippen molar-refractivity contribution in [3.8, 4) is 11.3 Å². The monoisotopic (exact) mass is 634 g/mol. The highest BCUT2D eigenvalue weighted by molar-refractivity contribution is 5.76. The van der Waals surface area contributed by atoms with Gasteiger partial charge in [-0.3, -0.25) is 15.1 Å². The van der Waals surface area contributed by atoms with Crippen LogP contribution in [-0.4, -0.2) is 63.0 Å². The van der Waals surface area contributed by atoms with Crippen LogP contribution in [0.4, 0.5) is 16.4 Å². The zero-order chi connectivity index (χ0) is 34.0. The van der Waals surface area contributed by atoms with E-state index in [-0.39, 0.29) is 12.6 Å². The molecular weight excluding hydrogens is 584 g/mol. The molecule has 0 fully saturated rings. The number of aryl methyl sites for hydroxylation is 1. The van der Waals surface area contributed by atoms with Gasteiger partial charge in [-0.2, -0.15) is 0 Å². The standard InChI is InChI=1S/C35H50N6O5/c1-33(2,3)44-23-29(30(42)45-34(4,5)6)39-22-24-12-10-13-27(20-24)40-31-37-19-16-28(41-31)25-15-18-36-26(21-25)14-11-17-38-32(43)46-35(7,8)9/h10,12-13,15-16,18-21,29,39H,11,14,17,22-23H2,1-9H3,(H,38,43)(H,37,40,41). The van der Waals surface area contributed by atoms with Crippen LogP contribution in [0.2, 0.25) is 0 Å². The van der Waals surface area contributed by atoms with Crippen LogP contribution in [0.5, 0.6) is 0 Å². The van der Waals surface area contributed by atoms with Crippen molar-refractivity contribution in [2.24, 2.45) is 0 Å². The molecular formula is C35H50N6O5. The van der Waals surface area contributed by atoms with E-state index in [0.717, 1.165) is 34.6 Å². The molecule has 1 atom stereocenters. The Morgan fingerprint density at radius 3 is 2.26 bits per heavy atom. The van der Waals surface area contributed by atoms with Crippen LogP contribution in [0.1, 0.15) is 80.0 Å². The number of carbonyl (C=O) groups is 2. The molecule has 0 saturated carbocycles. The van der Waals surface area contributed by atoms with Crippen molar-refractivity contribution < 1.29 is 23.8 Å².